The second kappa shape index (κ2) is 4.48. The molecule has 1 atom stereocenters. The summed E-state index contributed by atoms with van der Waals surface area (Å²) in [6.45, 7) is 1.70. The van der Waals surface area contributed by atoms with Gasteiger partial charge in [-0.05, 0) is 24.6 Å². The zero-order chi connectivity index (χ0) is 9.68. The van der Waals surface area contributed by atoms with Crippen molar-refractivity contribution >= 4 is 0 Å². The molecule has 0 saturated heterocycles. The Morgan fingerprint density at radius 1 is 1.46 bits per heavy atom. The van der Waals surface area contributed by atoms with E-state index < -0.39 is 6.10 Å². The van der Waals surface area contributed by atoms with Crippen molar-refractivity contribution < 1.29 is 9.84 Å². The van der Waals surface area contributed by atoms with E-state index in [0.717, 1.165) is 5.56 Å². The zero-order valence-electron chi connectivity index (χ0n) is 7.40. The molecule has 0 saturated carbocycles. The summed E-state index contributed by atoms with van der Waals surface area (Å²) < 4.78 is 5.22. The molecule has 0 radical (unpaired) electrons. The first kappa shape index (κ1) is 9.56. The summed E-state index contributed by atoms with van der Waals surface area (Å²) in [6.07, 6.45) is -0.444. The van der Waals surface area contributed by atoms with Crippen molar-refractivity contribution in [3.8, 4) is 11.8 Å². The van der Waals surface area contributed by atoms with E-state index in [-0.39, 0.29) is 6.61 Å². The number of hydrogen-bond acceptors (Lipinski definition) is 3. The Bertz CT molecular complexity index is 300. The predicted octanol–water partition coefficient (Wildman–Crippen LogP) is 1.47. The molecular formula is C10H11NO2. The second-order valence-corrected chi connectivity index (χ2v) is 2.69. The van der Waals surface area contributed by atoms with Crippen LogP contribution in [-0.2, 0) is 6.61 Å². The van der Waals surface area contributed by atoms with Gasteiger partial charge in [0, 0.05) is 0 Å². The summed E-state index contributed by atoms with van der Waals surface area (Å²) in [5, 5.41) is 17.2. The van der Waals surface area contributed by atoms with Gasteiger partial charge in [-0.15, -0.1) is 0 Å². The van der Waals surface area contributed by atoms with Crippen LogP contribution in [-0.4, -0.2) is 11.2 Å². The standard InChI is InChI=1S/C10H11NO2/c1-8(6-11)13-10-4-2-9(7-12)3-5-10/h2-5,8,12H,7H2,1H3. The third-order valence-corrected chi connectivity index (χ3v) is 1.60. The van der Waals surface area contributed by atoms with Crippen LogP contribution in [0.25, 0.3) is 0 Å². The molecule has 0 bridgehead atoms. The number of nitriles is 1. The summed E-state index contributed by atoms with van der Waals surface area (Å²) in [5.74, 6) is 0.645. The minimum absolute atomic E-state index is 0.0219. The molecule has 0 amide bonds. The Hall–Kier alpha value is -1.53. The van der Waals surface area contributed by atoms with Crippen molar-refractivity contribution in [3.05, 3.63) is 29.8 Å². The van der Waals surface area contributed by atoms with Crippen molar-refractivity contribution in [1.82, 2.24) is 0 Å². The van der Waals surface area contributed by atoms with E-state index in [1.165, 1.54) is 0 Å². The Morgan fingerprint density at radius 3 is 2.54 bits per heavy atom. The Balaban J connectivity index is 2.65. The van der Waals surface area contributed by atoms with Gasteiger partial charge in [0.15, 0.2) is 6.10 Å². The molecule has 3 heteroatoms. The molecule has 13 heavy (non-hydrogen) atoms. The van der Waals surface area contributed by atoms with Gasteiger partial charge in [0.05, 0.1) is 6.61 Å². The van der Waals surface area contributed by atoms with E-state index in [1.807, 2.05) is 6.07 Å². The lowest BCUT2D eigenvalue weighted by Gasteiger charge is -2.07. The van der Waals surface area contributed by atoms with Gasteiger partial charge in [-0.2, -0.15) is 5.26 Å². The fourth-order valence-corrected chi connectivity index (χ4v) is 0.904. The van der Waals surface area contributed by atoms with Gasteiger partial charge in [0.2, 0.25) is 0 Å². The summed E-state index contributed by atoms with van der Waals surface area (Å²) >= 11 is 0. The normalized spacial score (nSPS) is 11.8. The largest absolute Gasteiger partial charge is 0.476 e. The summed E-state index contributed by atoms with van der Waals surface area (Å²) in [6, 6.07) is 8.97. The van der Waals surface area contributed by atoms with Crippen LogP contribution >= 0.6 is 0 Å². The van der Waals surface area contributed by atoms with Crippen LogP contribution in [0.4, 0.5) is 0 Å². The van der Waals surface area contributed by atoms with Gasteiger partial charge in [-0.1, -0.05) is 12.1 Å². The van der Waals surface area contributed by atoms with E-state index in [2.05, 4.69) is 0 Å². The first-order valence-electron chi connectivity index (χ1n) is 4.02. The maximum Gasteiger partial charge on any atom is 0.181 e. The molecule has 1 aromatic rings. The molecule has 0 fully saturated rings. The average Bonchev–Trinajstić information content (AvgIpc) is 2.19. The Morgan fingerprint density at radius 2 is 2.08 bits per heavy atom. The molecule has 1 unspecified atom stereocenters. The summed E-state index contributed by atoms with van der Waals surface area (Å²) in [4.78, 5) is 0. The van der Waals surface area contributed by atoms with Gasteiger partial charge in [-0.25, -0.2) is 0 Å². The maximum absolute atomic E-state index is 8.76. The van der Waals surface area contributed by atoms with Crippen LogP contribution in [0.2, 0.25) is 0 Å². The third kappa shape index (κ3) is 2.77. The molecular weight excluding hydrogens is 166 g/mol. The van der Waals surface area contributed by atoms with E-state index in [9.17, 15) is 0 Å². The fourth-order valence-electron chi connectivity index (χ4n) is 0.904. The molecule has 0 heterocycles. The number of rotatable bonds is 3. The maximum atomic E-state index is 8.76. The van der Waals surface area contributed by atoms with Crippen molar-refractivity contribution in [2.24, 2.45) is 0 Å². The van der Waals surface area contributed by atoms with Gasteiger partial charge < -0.3 is 9.84 Å². The highest BCUT2D eigenvalue weighted by atomic mass is 16.5. The molecule has 0 spiro atoms. The fraction of sp³-hybridized carbons (Fsp3) is 0.300. The van der Waals surface area contributed by atoms with Crippen LogP contribution in [0.15, 0.2) is 24.3 Å². The highest BCUT2D eigenvalue weighted by molar-refractivity contribution is 5.27. The number of benzene rings is 1. The smallest absolute Gasteiger partial charge is 0.181 e. The summed E-state index contributed by atoms with van der Waals surface area (Å²) in [5.41, 5.74) is 0.831. The highest BCUT2D eigenvalue weighted by Gasteiger charge is 2.00. The van der Waals surface area contributed by atoms with E-state index in [0.29, 0.717) is 5.75 Å². The van der Waals surface area contributed by atoms with Crippen LogP contribution in [0.1, 0.15) is 12.5 Å². The second-order valence-electron chi connectivity index (χ2n) is 2.69. The Labute approximate surface area is 77.2 Å². The van der Waals surface area contributed by atoms with Gasteiger partial charge in [0.25, 0.3) is 0 Å². The topological polar surface area (TPSA) is 53.2 Å². The van der Waals surface area contributed by atoms with Crippen molar-refractivity contribution in [3.63, 3.8) is 0 Å². The van der Waals surface area contributed by atoms with Crippen molar-refractivity contribution in [2.75, 3.05) is 0 Å². The molecule has 0 aliphatic carbocycles. The SMILES string of the molecule is CC(C#N)Oc1ccc(CO)cc1. The lowest BCUT2D eigenvalue weighted by Crippen LogP contribution is -2.07. The Kier molecular flexibility index (Phi) is 3.30. The van der Waals surface area contributed by atoms with E-state index >= 15 is 0 Å². The first-order chi connectivity index (χ1) is 6.26. The third-order valence-electron chi connectivity index (χ3n) is 1.60. The molecule has 1 rings (SSSR count). The van der Waals surface area contributed by atoms with Crippen LogP contribution in [0.3, 0.4) is 0 Å². The van der Waals surface area contributed by atoms with Crippen molar-refractivity contribution in [1.29, 1.82) is 5.26 Å². The minimum atomic E-state index is -0.444. The number of aliphatic hydroxyl groups is 1. The molecule has 0 aromatic heterocycles. The minimum Gasteiger partial charge on any atom is -0.476 e. The van der Waals surface area contributed by atoms with Gasteiger partial charge in [0.1, 0.15) is 11.8 Å². The molecule has 1 N–H and O–H groups in total. The van der Waals surface area contributed by atoms with E-state index in [4.69, 9.17) is 15.1 Å². The zero-order valence-corrected chi connectivity index (χ0v) is 7.40. The van der Waals surface area contributed by atoms with Crippen LogP contribution in [0, 0.1) is 11.3 Å². The highest BCUT2D eigenvalue weighted by Crippen LogP contribution is 2.13. The lowest BCUT2D eigenvalue weighted by molar-refractivity contribution is 0.273. The van der Waals surface area contributed by atoms with Gasteiger partial charge >= 0.3 is 0 Å². The monoisotopic (exact) mass is 177 g/mol. The molecule has 3 nitrogen and oxygen atoms in total. The molecule has 0 aliphatic heterocycles. The quantitative estimate of drug-likeness (QED) is 0.760. The molecule has 68 valence electrons. The number of ether oxygens (including phenoxy) is 1. The average molecular weight is 177 g/mol. The predicted molar refractivity (Wildman–Crippen MR) is 48.1 cm³/mol. The van der Waals surface area contributed by atoms with Crippen LogP contribution in [0.5, 0.6) is 5.75 Å². The van der Waals surface area contributed by atoms with Crippen molar-refractivity contribution in [2.45, 2.75) is 19.6 Å². The molecule has 1 aromatic carbocycles. The molecule has 0 aliphatic rings. The van der Waals surface area contributed by atoms with Gasteiger partial charge in [-0.3, -0.25) is 0 Å². The lowest BCUT2D eigenvalue weighted by atomic mass is 10.2. The summed E-state index contributed by atoms with van der Waals surface area (Å²) in [7, 11) is 0. The first-order valence-corrected chi connectivity index (χ1v) is 4.02. The van der Waals surface area contributed by atoms with E-state index in [1.54, 1.807) is 31.2 Å². The number of hydrogen-bond donors (Lipinski definition) is 1. The number of aliphatic hydroxyl groups excluding tert-OH is 1. The van der Waals surface area contributed by atoms with Crippen LogP contribution < -0.4 is 4.74 Å². The number of nitrogens with zero attached hydrogens (tertiary/aromatic N) is 1.